The summed E-state index contributed by atoms with van der Waals surface area (Å²) in [5.74, 6) is -0.0737. The van der Waals surface area contributed by atoms with E-state index >= 15 is 0 Å². The molecule has 128 valence electrons. The lowest BCUT2D eigenvalue weighted by Gasteiger charge is -2.31. The van der Waals surface area contributed by atoms with Crippen LogP contribution in [0.15, 0.2) is 36.5 Å². The molecule has 0 bridgehead atoms. The molecule has 1 amide bonds. The summed E-state index contributed by atoms with van der Waals surface area (Å²) in [6, 6.07) is 10.3. The van der Waals surface area contributed by atoms with E-state index in [1.54, 1.807) is 6.20 Å². The van der Waals surface area contributed by atoms with Gasteiger partial charge in [0.2, 0.25) is 0 Å². The minimum absolute atomic E-state index is 0.0484. The van der Waals surface area contributed by atoms with Crippen LogP contribution in [0.3, 0.4) is 0 Å². The van der Waals surface area contributed by atoms with Crippen molar-refractivity contribution in [1.82, 2.24) is 20.4 Å². The van der Waals surface area contributed by atoms with Gasteiger partial charge in [0, 0.05) is 31.4 Å². The van der Waals surface area contributed by atoms with Crippen LogP contribution in [-0.4, -0.2) is 59.9 Å². The maximum atomic E-state index is 12.6. The third-order valence-corrected chi connectivity index (χ3v) is 4.32. The van der Waals surface area contributed by atoms with Gasteiger partial charge in [-0.3, -0.25) is 14.8 Å². The minimum Gasteiger partial charge on any atom is -0.379 e. The molecule has 0 aliphatic carbocycles. The van der Waals surface area contributed by atoms with Gasteiger partial charge in [0.25, 0.3) is 5.91 Å². The molecule has 3 rings (SSSR count). The molecule has 6 nitrogen and oxygen atoms in total. The zero-order chi connectivity index (χ0) is 16.8. The number of rotatable bonds is 6. The van der Waals surface area contributed by atoms with Crippen LogP contribution < -0.4 is 5.32 Å². The van der Waals surface area contributed by atoms with Gasteiger partial charge >= 0.3 is 0 Å². The van der Waals surface area contributed by atoms with Crippen molar-refractivity contribution in [2.45, 2.75) is 19.4 Å². The third kappa shape index (κ3) is 4.43. The number of aromatic nitrogens is 2. The van der Waals surface area contributed by atoms with Crippen molar-refractivity contribution < 1.29 is 9.53 Å². The second-order valence-electron chi connectivity index (χ2n) is 6.18. The molecule has 2 heterocycles. The van der Waals surface area contributed by atoms with Crippen LogP contribution in [0.25, 0.3) is 0 Å². The normalized spacial score (nSPS) is 16.7. The zero-order valence-corrected chi connectivity index (χ0v) is 14.0. The fourth-order valence-corrected chi connectivity index (χ4v) is 3.00. The minimum atomic E-state index is -0.0737. The molecule has 0 spiro atoms. The van der Waals surface area contributed by atoms with Crippen LogP contribution in [0.1, 0.15) is 21.6 Å². The van der Waals surface area contributed by atoms with Crippen molar-refractivity contribution in [3.05, 3.63) is 53.3 Å². The van der Waals surface area contributed by atoms with Crippen LogP contribution >= 0.6 is 0 Å². The van der Waals surface area contributed by atoms with E-state index in [2.05, 4.69) is 32.5 Å². The second kappa shape index (κ2) is 8.08. The molecule has 1 saturated heterocycles. The van der Waals surface area contributed by atoms with E-state index < -0.39 is 0 Å². The molecular formula is C18H24N4O2. The smallest absolute Gasteiger partial charge is 0.255 e. The molecule has 2 aromatic rings. The SMILES string of the molecule is Cc1[nH]ncc1C(=O)N[C@@H](Cc1ccccc1)CN1CCOCC1. The van der Waals surface area contributed by atoms with E-state index in [-0.39, 0.29) is 11.9 Å². The average molecular weight is 328 g/mol. The number of nitrogens with zero attached hydrogens (tertiary/aromatic N) is 2. The Bertz CT molecular complexity index is 650. The van der Waals surface area contributed by atoms with E-state index in [1.165, 1.54) is 5.56 Å². The lowest BCUT2D eigenvalue weighted by Crippen LogP contribution is -2.48. The Kier molecular flexibility index (Phi) is 5.61. The largest absolute Gasteiger partial charge is 0.379 e. The van der Waals surface area contributed by atoms with Crippen molar-refractivity contribution >= 4 is 5.91 Å². The standard InChI is InChI=1S/C18H24N4O2/c1-14-17(12-19-21-14)18(23)20-16(11-15-5-3-2-4-6-15)13-22-7-9-24-10-8-22/h2-6,12,16H,7-11,13H2,1H3,(H,19,21)(H,20,23)/t16-/m0/s1. The summed E-state index contributed by atoms with van der Waals surface area (Å²) in [6.45, 7) is 6.01. The summed E-state index contributed by atoms with van der Waals surface area (Å²) in [5.41, 5.74) is 2.62. The van der Waals surface area contributed by atoms with Gasteiger partial charge < -0.3 is 10.1 Å². The highest BCUT2D eigenvalue weighted by Gasteiger charge is 2.21. The summed E-state index contributed by atoms with van der Waals surface area (Å²) in [4.78, 5) is 14.9. The molecule has 1 aliphatic rings. The first-order chi connectivity index (χ1) is 11.7. The maximum absolute atomic E-state index is 12.6. The molecule has 1 fully saturated rings. The fraction of sp³-hybridized carbons (Fsp3) is 0.444. The van der Waals surface area contributed by atoms with Crippen molar-refractivity contribution in [2.75, 3.05) is 32.8 Å². The van der Waals surface area contributed by atoms with Crippen LogP contribution in [0.5, 0.6) is 0 Å². The zero-order valence-electron chi connectivity index (χ0n) is 14.0. The molecule has 6 heteroatoms. The second-order valence-corrected chi connectivity index (χ2v) is 6.18. The van der Waals surface area contributed by atoms with Gasteiger partial charge in [-0.15, -0.1) is 0 Å². The van der Waals surface area contributed by atoms with Crippen LogP contribution in [0.2, 0.25) is 0 Å². The highest BCUT2D eigenvalue weighted by molar-refractivity contribution is 5.95. The quantitative estimate of drug-likeness (QED) is 0.841. The number of ether oxygens (including phenoxy) is 1. The molecular weight excluding hydrogens is 304 g/mol. The number of nitrogens with one attached hydrogen (secondary N) is 2. The number of H-pyrrole nitrogens is 1. The van der Waals surface area contributed by atoms with Gasteiger partial charge in [-0.25, -0.2) is 0 Å². The van der Waals surface area contributed by atoms with Gasteiger partial charge in [0.15, 0.2) is 0 Å². The summed E-state index contributed by atoms with van der Waals surface area (Å²) >= 11 is 0. The van der Waals surface area contributed by atoms with Gasteiger partial charge in [-0.2, -0.15) is 5.10 Å². The number of amides is 1. The molecule has 1 aromatic heterocycles. The highest BCUT2D eigenvalue weighted by Crippen LogP contribution is 2.09. The fourth-order valence-electron chi connectivity index (χ4n) is 3.00. The molecule has 2 N–H and O–H groups in total. The van der Waals surface area contributed by atoms with Gasteiger partial charge in [-0.1, -0.05) is 30.3 Å². The van der Waals surface area contributed by atoms with Gasteiger partial charge in [0.1, 0.15) is 0 Å². The first-order valence-corrected chi connectivity index (χ1v) is 8.37. The summed E-state index contributed by atoms with van der Waals surface area (Å²) in [7, 11) is 0. The first-order valence-electron chi connectivity index (χ1n) is 8.37. The van der Waals surface area contributed by atoms with Crippen molar-refractivity contribution in [1.29, 1.82) is 0 Å². The van der Waals surface area contributed by atoms with Crippen molar-refractivity contribution in [2.24, 2.45) is 0 Å². The molecule has 1 aliphatic heterocycles. The summed E-state index contributed by atoms with van der Waals surface area (Å²) in [6.07, 6.45) is 2.39. The number of hydrogen-bond acceptors (Lipinski definition) is 4. The van der Waals surface area contributed by atoms with E-state index in [1.807, 2.05) is 25.1 Å². The Labute approximate surface area is 142 Å². The van der Waals surface area contributed by atoms with Crippen LogP contribution in [0.4, 0.5) is 0 Å². The predicted octanol–water partition coefficient (Wildman–Crippen LogP) is 1.39. The molecule has 1 aromatic carbocycles. The molecule has 0 radical (unpaired) electrons. The molecule has 1 atom stereocenters. The first kappa shape index (κ1) is 16.7. The number of carbonyl (C=O) groups excluding carboxylic acids is 1. The van der Waals surface area contributed by atoms with Crippen LogP contribution in [0, 0.1) is 6.92 Å². The Morgan fingerprint density at radius 3 is 2.75 bits per heavy atom. The lowest BCUT2D eigenvalue weighted by molar-refractivity contribution is 0.0333. The van der Waals surface area contributed by atoms with E-state index in [0.717, 1.165) is 45.0 Å². The topological polar surface area (TPSA) is 70.2 Å². The highest BCUT2D eigenvalue weighted by atomic mass is 16.5. The summed E-state index contributed by atoms with van der Waals surface area (Å²) < 4.78 is 5.41. The van der Waals surface area contributed by atoms with Crippen molar-refractivity contribution in [3.8, 4) is 0 Å². The Morgan fingerprint density at radius 1 is 1.33 bits per heavy atom. The Hall–Kier alpha value is -2.18. The number of hydrogen-bond donors (Lipinski definition) is 2. The molecule has 0 unspecified atom stereocenters. The number of aromatic amines is 1. The molecule has 0 saturated carbocycles. The Morgan fingerprint density at radius 2 is 2.08 bits per heavy atom. The third-order valence-electron chi connectivity index (χ3n) is 4.32. The maximum Gasteiger partial charge on any atom is 0.255 e. The number of benzene rings is 1. The van der Waals surface area contributed by atoms with Crippen molar-refractivity contribution in [3.63, 3.8) is 0 Å². The lowest BCUT2D eigenvalue weighted by atomic mass is 10.0. The number of aryl methyl sites for hydroxylation is 1. The Balaban J connectivity index is 1.68. The van der Waals surface area contributed by atoms with E-state index in [9.17, 15) is 4.79 Å². The monoisotopic (exact) mass is 328 g/mol. The molecule has 24 heavy (non-hydrogen) atoms. The number of carbonyl (C=O) groups is 1. The van der Waals surface area contributed by atoms with E-state index in [0.29, 0.717) is 5.56 Å². The predicted molar refractivity (Wildman–Crippen MR) is 92.0 cm³/mol. The number of morpholine rings is 1. The van der Waals surface area contributed by atoms with Gasteiger partial charge in [0.05, 0.1) is 25.0 Å². The van der Waals surface area contributed by atoms with E-state index in [4.69, 9.17) is 4.74 Å². The van der Waals surface area contributed by atoms with Crippen LogP contribution in [-0.2, 0) is 11.2 Å². The summed E-state index contributed by atoms with van der Waals surface area (Å²) in [5, 5.41) is 9.93. The van der Waals surface area contributed by atoms with Gasteiger partial charge in [-0.05, 0) is 18.9 Å². The average Bonchev–Trinajstić information content (AvgIpc) is 3.03.